The molecule has 0 aliphatic rings. The lowest BCUT2D eigenvalue weighted by Gasteiger charge is -2.00. The molecule has 0 aliphatic carbocycles. The van der Waals surface area contributed by atoms with Gasteiger partial charge >= 0.3 is 5.97 Å². The van der Waals surface area contributed by atoms with E-state index in [4.69, 9.17) is 10.2 Å². The van der Waals surface area contributed by atoms with Crippen LogP contribution in [-0.4, -0.2) is 37.6 Å². The topological polar surface area (TPSA) is 88.2 Å². The van der Waals surface area contributed by atoms with Crippen LogP contribution in [0.1, 0.15) is 5.56 Å². The quantitative estimate of drug-likeness (QED) is 0.806. The molecule has 0 aliphatic heterocycles. The van der Waals surface area contributed by atoms with E-state index in [1.165, 1.54) is 6.33 Å². The Hall–Kier alpha value is -2.21. The molecule has 2 N–H and O–H groups in total. The van der Waals surface area contributed by atoms with Gasteiger partial charge in [0.1, 0.15) is 6.33 Å². The van der Waals surface area contributed by atoms with Crippen molar-refractivity contribution in [1.29, 1.82) is 0 Å². The van der Waals surface area contributed by atoms with Gasteiger partial charge in [0.15, 0.2) is 5.82 Å². The first-order valence-corrected chi connectivity index (χ1v) is 5.50. The van der Waals surface area contributed by atoms with Crippen LogP contribution in [0.4, 0.5) is 0 Å². The fourth-order valence-corrected chi connectivity index (χ4v) is 1.63. The molecule has 1 heterocycles. The molecule has 0 radical (unpaired) electrons. The number of rotatable bonds is 5. The van der Waals surface area contributed by atoms with Crippen molar-refractivity contribution in [2.24, 2.45) is 0 Å². The summed E-state index contributed by atoms with van der Waals surface area (Å²) in [7, 11) is 0. The number of carboxylic acids is 1. The number of aliphatic hydroxyl groups excluding tert-OH is 1. The number of aliphatic carboxylic acids is 1. The minimum atomic E-state index is -0.870. The Morgan fingerprint density at radius 1 is 1.39 bits per heavy atom. The third kappa shape index (κ3) is 2.92. The minimum Gasteiger partial charge on any atom is -0.481 e. The summed E-state index contributed by atoms with van der Waals surface area (Å²) in [5, 5.41) is 21.7. The summed E-state index contributed by atoms with van der Waals surface area (Å²) in [6, 6.07) is 7.11. The third-order valence-electron chi connectivity index (χ3n) is 2.41. The predicted octanol–water partition coefficient (Wildman–Crippen LogP) is 0.565. The van der Waals surface area contributed by atoms with Crippen LogP contribution in [-0.2, 0) is 17.8 Å². The summed E-state index contributed by atoms with van der Waals surface area (Å²) in [4.78, 5) is 14.8. The maximum atomic E-state index is 10.6. The zero-order valence-corrected chi connectivity index (χ0v) is 9.65. The number of aromatic nitrogens is 3. The van der Waals surface area contributed by atoms with Crippen molar-refractivity contribution in [2.45, 2.75) is 13.0 Å². The van der Waals surface area contributed by atoms with Gasteiger partial charge in [0.25, 0.3) is 0 Å². The van der Waals surface area contributed by atoms with Gasteiger partial charge in [-0.3, -0.25) is 9.48 Å². The second-order valence-electron chi connectivity index (χ2n) is 3.83. The highest BCUT2D eigenvalue weighted by atomic mass is 16.4. The van der Waals surface area contributed by atoms with Gasteiger partial charge < -0.3 is 10.2 Å². The smallest absolute Gasteiger partial charge is 0.307 e. The molecule has 0 fully saturated rings. The third-order valence-corrected chi connectivity index (χ3v) is 2.41. The average molecular weight is 247 g/mol. The lowest BCUT2D eigenvalue weighted by atomic mass is 10.1. The summed E-state index contributed by atoms with van der Waals surface area (Å²) < 4.78 is 1.54. The molecule has 94 valence electrons. The standard InChI is InChI=1S/C12H13N3O3/c16-5-4-15-8-13-12(14-15)10-3-1-2-9(6-10)7-11(17)18/h1-3,6,8,16H,4-5,7H2,(H,17,18). The molecule has 0 spiro atoms. The van der Waals surface area contributed by atoms with Gasteiger partial charge in [-0.05, 0) is 11.6 Å². The maximum absolute atomic E-state index is 10.6. The van der Waals surface area contributed by atoms with Gasteiger partial charge in [0.05, 0.1) is 19.6 Å². The molecule has 0 saturated carbocycles. The Balaban J connectivity index is 2.23. The van der Waals surface area contributed by atoms with Crippen molar-refractivity contribution < 1.29 is 15.0 Å². The van der Waals surface area contributed by atoms with Crippen molar-refractivity contribution in [1.82, 2.24) is 14.8 Å². The SMILES string of the molecule is O=C(O)Cc1cccc(-c2ncn(CCO)n2)c1. The number of hydrogen-bond donors (Lipinski definition) is 2. The number of nitrogens with zero attached hydrogens (tertiary/aromatic N) is 3. The number of carboxylic acid groups (broad SMARTS) is 1. The second-order valence-corrected chi connectivity index (χ2v) is 3.83. The van der Waals surface area contributed by atoms with Crippen molar-refractivity contribution in [2.75, 3.05) is 6.61 Å². The van der Waals surface area contributed by atoms with Crippen molar-refractivity contribution in [3.05, 3.63) is 36.2 Å². The van der Waals surface area contributed by atoms with E-state index in [2.05, 4.69) is 10.1 Å². The molecule has 0 saturated heterocycles. The van der Waals surface area contributed by atoms with Gasteiger partial charge in [0.2, 0.25) is 0 Å². The molecular formula is C12H13N3O3. The Morgan fingerprint density at radius 3 is 2.94 bits per heavy atom. The summed E-state index contributed by atoms with van der Waals surface area (Å²) in [6.07, 6.45) is 1.51. The Kier molecular flexibility index (Phi) is 3.69. The zero-order valence-electron chi connectivity index (χ0n) is 9.65. The van der Waals surface area contributed by atoms with Gasteiger partial charge in [-0.25, -0.2) is 4.98 Å². The van der Waals surface area contributed by atoms with Crippen LogP contribution < -0.4 is 0 Å². The summed E-state index contributed by atoms with van der Waals surface area (Å²) in [5.74, 6) is -0.346. The molecule has 2 rings (SSSR count). The fraction of sp³-hybridized carbons (Fsp3) is 0.250. The number of carbonyl (C=O) groups is 1. The van der Waals surface area contributed by atoms with Gasteiger partial charge in [-0.15, -0.1) is 0 Å². The van der Waals surface area contributed by atoms with E-state index in [9.17, 15) is 4.79 Å². The van der Waals surface area contributed by atoms with E-state index in [0.29, 0.717) is 17.9 Å². The molecule has 6 nitrogen and oxygen atoms in total. The van der Waals surface area contributed by atoms with Crippen LogP contribution in [0, 0.1) is 0 Å². The zero-order chi connectivity index (χ0) is 13.0. The van der Waals surface area contributed by atoms with E-state index in [-0.39, 0.29) is 13.0 Å². The molecule has 18 heavy (non-hydrogen) atoms. The lowest BCUT2D eigenvalue weighted by Crippen LogP contribution is -2.02. The molecule has 6 heteroatoms. The van der Waals surface area contributed by atoms with Crippen molar-refractivity contribution in [3.8, 4) is 11.4 Å². The predicted molar refractivity (Wildman–Crippen MR) is 63.9 cm³/mol. The second kappa shape index (κ2) is 5.42. The van der Waals surface area contributed by atoms with Crippen LogP contribution in [0.2, 0.25) is 0 Å². The molecule has 0 bridgehead atoms. The molecule has 1 aromatic carbocycles. The molecule has 0 unspecified atom stereocenters. The highest BCUT2D eigenvalue weighted by molar-refractivity contribution is 5.71. The summed E-state index contributed by atoms with van der Waals surface area (Å²) >= 11 is 0. The van der Waals surface area contributed by atoms with Crippen LogP contribution in [0.5, 0.6) is 0 Å². The van der Waals surface area contributed by atoms with E-state index >= 15 is 0 Å². The number of hydrogen-bond acceptors (Lipinski definition) is 4. The lowest BCUT2D eigenvalue weighted by molar-refractivity contribution is -0.136. The van der Waals surface area contributed by atoms with Gasteiger partial charge in [0, 0.05) is 5.56 Å². The first kappa shape index (κ1) is 12.3. The molecule has 2 aromatic rings. The Labute approximate surface area is 104 Å². The van der Waals surface area contributed by atoms with Crippen molar-refractivity contribution in [3.63, 3.8) is 0 Å². The van der Waals surface area contributed by atoms with Crippen LogP contribution in [0.3, 0.4) is 0 Å². The first-order valence-electron chi connectivity index (χ1n) is 5.50. The van der Waals surface area contributed by atoms with E-state index in [0.717, 1.165) is 5.56 Å². The van der Waals surface area contributed by atoms with Crippen molar-refractivity contribution >= 4 is 5.97 Å². The van der Waals surface area contributed by atoms with E-state index in [1.54, 1.807) is 22.9 Å². The molecule has 0 amide bonds. The monoisotopic (exact) mass is 247 g/mol. The maximum Gasteiger partial charge on any atom is 0.307 e. The summed E-state index contributed by atoms with van der Waals surface area (Å²) in [6.45, 7) is 0.393. The van der Waals surface area contributed by atoms with Gasteiger partial charge in [-0.1, -0.05) is 18.2 Å². The summed E-state index contributed by atoms with van der Waals surface area (Å²) in [5.41, 5.74) is 1.48. The molecule has 0 atom stereocenters. The van der Waals surface area contributed by atoms with Crippen LogP contribution >= 0.6 is 0 Å². The average Bonchev–Trinajstić information content (AvgIpc) is 2.78. The molecule has 1 aromatic heterocycles. The number of aliphatic hydroxyl groups is 1. The largest absolute Gasteiger partial charge is 0.481 e. The van der Waals surface area contributed by atoms with Gasteiger partial charge in [-0.2, -0.15) is 5.10 Å². The highest BCUT2D eigenvalue weighted by Gasteiger charge is 2.06. The number of benzene rings is 1. The van der Waals surface area contributed by atoms with Crippen LogP contribution in [0.25, 0.3) is 11.4 Å². The highest BCUT2D eigenvalue weighted by Crippen LogP contribution is 2.16. The van der Waals surface area contributed by atoms with E-state index < -0.39 is 5.97 Å². The van der Waals surface area contributed by atoms with E-state index in [1.807, 2.05) is 6.07 Å². The van der Waals surface area contributed by atoms with Crippen LogP contribution in [0.15, 0.2) is 30.6 Å². The minimum absolute atomic E-state index is 0.00184. The normalized spacial score (nSPS) is 10.5. The first-order chi connectivity index (χ1) is 8.69. The Bertz CT molecular complexity index is 551. The Morgan fingerprint density at radius 2 is 2.22 bits per heavy atom. The fourth-order valence-electron chi connectivity index (χ4n) is 1.63. The molecular weight excluding hydrogens is 234 g/mol.